The minimum absolute atomic E-state index is 0.126. The Kier molecular flexibility index (Phi) is 12.9. The van der Waals surface area contributed by atoms with Crippen molar-refractivity contribution in [2.75, 3.05) is 12.0 Å². The quantitative estimate of drug-likeness (QED) is 0.0523. The van der Waals surface area contributed by atoms with Crippen molar-refractivity contribution in [3.05, 3.63) is 233 Å². The van der Waals surface area contributed by atoms with E-state index in [0.717, 1.165) is 76.3 Å². The Bertz CT molecular complexity index is 3220. The average molecular weight is 936 g/mol. The van der Waals surface area contributed by atoms with E-state index in [2.05, 4.69) is 147 Å². The van der Waals surface area contributed by atoms with Gasteiger partial charge >= 0.3 is 12.1 Å². The molecular weight excluding hydrogens is 879 g/mol. The number of carbonyl (C=O) groups is 2. The largest absolute Gasteiger partial charge is 0.519 e. The normalized spacial score (nSPS) is 14.4. The van der Waals surface area contributed by atoms with Crippen molar-refractivity contribution in [2.45, 2.75) is 70.6 Å². The Hall–Kier alpha value is -8.16. The van der Waals surface area contributed by atoms with E-state index in [1.807, 2.05) is 60.7 Å². The number of nitrogens with zero attached hydrogens (tertiary/aromatic N) is 1. The molecule has 0 saturated heterocycles. The van der Waals surface area contributed by atoms with Gasteiger partial charge in [0.25, 0.3) is 0 Å². The topological polar surface area (TPSA) is 74.3 Å². The van der Waals surface area contributed by atoms with Gasteiger partial charge in [0.2, 0.25) is 0 Å². The van der Waals surface area contributed by atoms with Crippen molar-refractivity contribution in [3.63, 3.8) is 0 Å². The molecule has 0 unspecified atom stereocenters. The highest BCUT2D eigenvalue weighted by Crippen LogP contribution is 2.51. The van der Waals surface area contributed by atoms with Gasteiger partial charge in [-0.15, -0.1) is 0 Å². The summed E-state index contributed by atoms with van der Waals surface area (Å²) >= 11 is 0. The zero-order valence-corrected chi connectivity index (χ0v) is 40.9. The van der Waals surface area contributed by atoms with Crippen molar-refractivity contribution < 1.29 is 28.5 Å². The molecule has 8 aromatic rings. The zero-order valence-electron chi connectivity index (χ0n) is 40.9. The second-order valence-electron chi connectivity index (χ2n) is 19.2. The van der Waals surface area contributed by atoms with Gasteiger partial charge < -0.3 is 23.8 Å². The van der Waals surface area contributed by atoms with Gasteiger partial charge in [-0.3, -0.25) is 4.79 Å². The van der Waals surface area contributed by atoms with Gasteiger partial charge in [0.15, 0.2) is 0 Å². The predicted molar refractivity (Wildman–Crippen MR) is 285 cm³/mol. The number of hydrogen-bond acceptors (Lipinski definition) is 7. The maximum absolute atomic E-state index is 13.2. The van der Waals surface area contributed by atoms with Crippen LogP contribution in [0.3, 0.4) is 0 Å². The maximum atomic E-state index is 13.2. The van der Waals surface area contributed by atoms with Gasteiger partial charge in [-0.1, -0.05) is 142 Å². The molecule has 2 aliphatic carbocycles. The minimum atomic E-state index is -0.821. The molecule has 0 radical (unpaired) electrons. The summed E-state index contributed by atoms with van der Waals surface area (Å²) in [6.07, 6.45) is 6.77. The van der Waals surface area contributed by atoms with Gasteiger partial charge in [0.05, 0.1) is 7.11 Å². The van der Waals surface area contributed by atoms with Crippen LogP contribution < -0.4 is 23.8 Å². The van der Waals surface area contributed by atoms with Crippen LogP contribution in [0.25, 0.3) is 22.8 Å². The second-order valence-corrected chi connectivity index (χ2v) is 19.2. The van der Waals surface area contributed by atoms with Crippen molar-refractivity contribution in [1.82, 2.24) is 0 Å². The average Bonchev–Trinajstić information content (AvgIpc) is 3.62. The Morgan fingerprint density at radius 1 is 0.521 bits per heavy atom. The molecule has 0 heterocycles. The molecule has 0 bridgehead atoms. The fraction of sp³-hybridized carbons (Fsp3) is 0.188. The lowest BCUT2D eigenvalue weighted by atomic mass is 9.65. The summed E-state index contributed by atoms with van der Waals surface area (Å²) in [6, 6.07) is 64.1. The molecule has 0 N–H and O–H groups in total. The first kappa shape index (κ1) is 46.6. The number of hydrogen-bond donors (Lipinski definition) is 0. The molecule has 0 spiro atoms. The van der Waals surface area contributed by atoms with Crippen molar-refractivity contribution in [3.8, 4) is 34.1 Å². The Morgan fingerprint density at radius 2 is 1.01 bits per heavy atom. The SMILES string of the molecule is COc1ccc(/C(=C\c2ccc(N(c3ccc(C)cc3)c3ccc4c(c3)C(C)(C)c3ccccc3-4)cc2)c2ccc(OC(=O)Oc3ccc(C4(c5ccc(OC(C)=O)cc5)CCCCC4)cc3)cc2)cc1. The molecule has 7 heteroatoms. The molecule has 0 aliphatic heterocycles. The number of rotatable bonds is 12. The van der Waals surface area contributed by atoms with Crippen molar-refractivity contribution in [2.24, 2.45) is 0 Å². The summed E-state index contributed by atoms with van der Waals surface area (Å²) in [5, 5.41) is 0. The molecule has 0 atom stereocenters. The monoisotopic (exact) mass is 935 g/mol. The Morgan fingerprint density at radius 3 is 1.58 bits per heavy atom. The van der Waals surface area contributed by atoms with Crippen LogP contribution in [0.1, 0.15) is 97.4 Å². The number of carbonyl (C=O) groups excluding carboxylic acids is 2. The van der Waals surface area contributed by atoms with Crippen LogP contribution in [-0.2, 0) is 15.6 Å². The third-order valence-electron chi connectivity index (χ3n) is 14.3. The summed E-state index contributed by atoms with van der Waals surface area (Å²) in [5.41, 5.74) is 15.7. The lowest BCUT2D eigenvalue weighted by molar-refractivity contribution is -0.131. The molecule has 354 valence electrons. The third-order valence-corrected chi connectivity index (χ3v) is 14.3. The van der Waals surface area contributed by atoms with Crippen molar-refractivity contribution in [1.29, 1.82) is 0 Å². The number of aryl methyl sites for hydroxylation is 1. The van der Waals surface area contributed by atoms with Crippen LogP contribution in [0.2, 0.25) is 0 Å². The number of ether oxygens (including phenoxy) is 4. The highest BCUT2D eigenvalue weighted by molar-refractivity contribution is 5.92. The van der Waals surface area contributed by atoms with Crippen LogP contribution in [0.15, 0.2) is 188 Å². The van der Waals surface area contributed by atoms with E-state index in [4.69, 9.17) is 18.9 Å². The summed E-state index contributed by atoms with van der Waals surface area (Å²) in [5.74, 6) is 1.72. The van der Waals surface area contributed by atoms with E-state index in [9.17, 15) is 9.59 Å². The number of benzene rings is 8. The van der Waals surface area contributed by atoms with E-state index in [1.165, 1.54) is 46.7 Å². The van der Waals surface area contributed by atoms with E-state index in [-0.39, 0.29) is 16.8 Å². The lowest BCUT2D eigenvalue weighted by Crippen LogP contribution is -2.30. The standard InChI is InChI=1S/C64H57NO6/c1-43-13-25-50(26-14-43)65(52-29-38-58-57-11-7-8-12-60(57)63(3,4)61(58)42-52)51-27-15-45(16-28-51)41-59(46-17-30-53(68-5)31-18-46)47-19-32-55(33-20-47)70-62(67)71-56-36-23-49(24-37-56)64(39-9-6-10-40-64)48-21-34-54(35-22-48)69-44(2)66/h7-8,11-38,41-42H,6,9-10,39-40H2,1-5H3/b59-41+. The molecule has 71 heavy (non-hydrogen) atoms. The summed E-state index contributed by atoms with van der Waals surface area (Å²) in [6.45, 7) is 8.16. The molecule has 0 amide bonds. The Labute approximate surface area is 417 Å². The van der Waals surface area contributed by atoms with Crippen molar-refractivity contribution >= 4 is 40.8 Å². The van der Waals surface area contributed by atoms with E-state index < -0.39 is 6.16 Å². The summed E-state index contributed by atoms with van der Waals surface area (Å²) in [4.78, 5) is 27.0. The molecule has 0 aromatic heterocycles. The summed E-state index contributed by atoms with van der Waals surface area (Å²) < 4.78 is 22.2. The van der Waals surface area contributed by atoms with Crippen LogP contribution in [0, 0.1) is 6.92 Å². The highest BCUT2D eigenvalue weighted by Gasteiger charge is 2.37. The van der Waals surface area contributed by atoms with E-state index >= 15 is 0 Å². The molecule has 10 rings (SSSR count). The second kappa shape index (κ2) is 19.7. The van der Waals surface area contributed by atoms with Gasteiger partial charge in [-0.25, -0.2) is 4.79 Å². The summed E-state index contributed by atoms with van der Waals surface area (Å²) in [7, 11) is 1.66. The van der Waals surface area contributed by atoms with Gasteiger partial charge in [0.1, 0.15) is 23.0 Å². The molecule has 7 nitrogen and oxygen atoms in total. The molecule has 2 aliphatic rings. The van der Waals surface area contributed by atoms with Crippen LogP contribution >= 0.6 is 0 Å². The molecule has 8 aromatic carbocycles. The zero-order chi connectivity index (χ0) is 49.1. The highest BCUT2D eigenvalue weighted by atomic mass is 16.7. The molecule has 1 fully saturated rings. The number of esters is 1. The molecular formula is C64H57NO6. The first-order chi connectivity index (χ1) is 34.5. The van der Waals surface area contributed by atoms with E-state index in [1.54, 1.807) is 19.2 Å². The number of fused-ring (bicyclic) bond motifs is 3. The van der Waals surface area contributed by atoms with Gasteiger partial charge in [0, 0.05) is 34.8 Å². The number of anilines is 3. The number of methoxy groups -OCH3 is 1. The lowest BCUT2D eigenvalue weighted by Gasteiger charge is -2.38. The molecule has 1 saturated carbocycles. The Balaban J connectivity index is 0.883. The van der Waals surface area contributed by atoms with Gasteiger partial charge in [-0.05, 0) is 166 Å². The maximum Gasteiger partial charge on any atom is 0.519 e. The first-order valence-corrected chi connectivity index (χ1v) is 24.4. The third kappa shape index (κ3) is 9.60. The predicted octanol–water partition coefficient (Wildman–Crippen LogP) is 16.1. The fourth-order valence-electron chi connectivity index (χ4n) is 10.6. The first-order valence-electron chi connectivity index (χ1n) is 24.4. The smallest absolute Gasteiger partial charge is 0.497 e. The van der Waals surface area contributed by atoms with Crippen LogP contribution in [0.4, 0.5) is 21.9 Å². The van der Waals surface area contributed by atoms with Gasteiger partial charge in [-0.2, -0.15) is 0 Å². The van der Waals surface area contributed by atoms with E-state index in [0.29, 0.717) is 17.2 Å². The minimum Gasteiger partial charge on any atom is -0.497 e. The fourth-order valence-corrected chi connectivity index (χ4v) is 10.6. The van der Waals surface area contributed by atoms with Crippen LogP contribution in [0.5, 0.6) is 23.0 Å². The van der Waals surface area contributed by atoms with Crippen LogP contribution in [-0.4, -0.2) is 19.2 Å².